The van der Waals surface area contributed by atoms with Crippen molar-refractivity contribution in [3.8, 4) is 0 Å². The Kier molecular flexibility index (Phi) is 8.07. The van der Waals surface area contributed by atoms with Gasteiger partial charge in [0.05, 0.1) is 24.9 Å². The number of amides is 1. The summed E-state index contributed by atoms with van der Waals surface area (Å²) in [5.41, 5.74) is 1.93. The van der Waals surface area contributed by atoms with Gasteiger partial charge in [-0.1, -0.05) is 26.0 Å². The van der Waals surface area contributed by atoms with E-state index >= 15 is 0 Å². The predicted octanol–water partition coefficient (Wildman–Crippen LogP) is 2.38. The fraction of sp³-hybridized carbons (Fsp3) is 0.696. The van der Waals surface area contributed by atoms with Gasteiger partial charge < -0.3 is 14.8 Å². The lowest BCUT2D eigenvalue weighted by atomic mass is 10.1. The van der Waals surface area contributed by atoms with Crippen LogP contribution in [0.15, 0.2) is 24.3 Å². The lowest BCUT2D eigenvalue weighted by molar-refractivity contribution is -0.0704. The molecule has 1 N–H and O–H groups in total. The molecular weight excluding hydrogens is 366 g/mol. The minimum absolute atomic E-state index is 0.0326. The number of hydrogen-bond acceptors (Lipinski definition) is 5. The molecule has 3 atom stereocenters. The van der Waals surface area contributed by atoms with Crippen LogP contribution in [0.5, 0.6) is 0 Å². The van der Waals surface area contributed by atoms with Crippen molar-refractivity contribution in [3.63, 3.8) is 0 Å². The number of ether oxygens (including phenoxy) is 2. The highest BCUT2D eigenvalue weighted by Gasteiger charge is 2.23. The molecule has 0 aliphatic carbocycles. The molecule has 1 aromatic carbocycles. The number of benzene rings is 1. The number of morpholine rings is 2. The molecule has 6 nitrogen and oxygen atoms in total. The Morgan fingerprint density at radius 2 is 1.79 bits per heavy atom. The fourth-order valence-electron chi connectivity index (χ4n) is 4.33. The van der Waals surface area contributed by atoms with Crippen LogP contribution in [0.1, 0.15) is 43.6 Å². The van der Waals surface area contributed by atoms with Gasteiger partial charge in [0.2, 0.25) is 0 Å². The molecule has 1 amide bonds. The molecule has 0 aromatic heterocycles. The van der Waals surface area contributed by atoms with Crippen LogP contribution in [0.3, 0.4) is 0 Å². The summed E-state index contributed by atoms with van der Waals surface area (Å²) in [4.78, 5) is 17.4. The van der Waals surface area contributed by atoms with Crippen LogP contribution in [-0.4, -0.2) is 79.9 Å². The molecule has 0 radical (unpaired) electrons. The number of nitrogens with one attached hydrogen (secondary N) is 1. The van der Waals surface area contributed by atoms with Crippen LogP contribution < -0.4 is 5.32 Å². The summed E-state index contributed by atoms with van der Waals surface area (Å²) < 4.78 is 11.6. The molecular formula is C23H37N3O3. The minimum Gasteiger partial charge on any atom is -0.374 e. The summed E-state index contributed by atoms with van der Waals surface area (Å²) in [7, 11) is 0. The third-order valence-electron chi connectivity index (χ3n) is 5.45. The van der Waals surface area contributed by atoms with Crippen molar-refractivity contribution in [2.45, 2.75) is 52.6 Å². The van der Waals surface area contributed by atoms with Gasteiger partial charge in [-0.05, 0) is 37.5 Å². The van der Waals surface area contributed by atoms with Crippen LogP contribution in [0.25, 0.3) is 0 Å². The maximum atomic E-state index is 12.5. The van der Waals surface area contributed by atoms with E-state index in [1.807, 2.05) is 12.1 Å². The van der Waals surface area contributed by atoms with Crippen LogP contribution in [-0.2, 0) is 16.0 Å². The van der Waals surface area contributed by atoms with E-state index < -0.39 is 0 Å². The lowest BCUT2D eigenvalue weighted by Gasteiger charge is -2.35. The first-order chi connectivity index (χ1) is 13.9. The molecule has 0 saturated carbocycles. The van der Waals surface area contributed by atoms with Crippen LogP contribution in [0.4, 0.5) is 0 Å². The van der Waals surface area contributed by atoms with E-state index in [1.54, 1.807) is 0 Å². The van der Waals surface area contributed by atoms with Crippen LogP contribution in [0.2, 0.25) is 0 Å². The Morgan fingerprint density at radius 1 is 1.10 bits per heavy atom. The number of rotatable bonds is 7. The smallest absolute Gasteiger partial charge is 0.251 e. The maximum Gasteiger partial charge on any atom is 0.251 e. The monoisotopic (exact) mass is 403 g/mol. The van der Waals surface area contributed by atoms with E-state index in [1.165, 1.54) is 5.56 Å². The van der Waals surface area contributed by atoms with Crippen molar-refractivity contribution in [1.29, 1.82) is 0 Å². The summed E-state index contributed by atoms with van der Waals surface area (Å²) in [5.74, 6) is 0.612. The summed E-state index contributed by atoms with van der Waals surface area (Å²) in [6.45, 7) is 15.7. The number of carbonyl (C=O) groups is 1. The van der Waals surface area contributed by atoms with Gasteiger partial charge in [0, 0.05) is 51.4 Å². The normalized spacial score (nSPS) is 26.6. The van der Waals surface area contributed by atoms with Gasteiger partial charge in [0.25, 0.3) is 5.91 Å². The number of carbonyl (C=O) groups excluding carboxylic acids is 1. The molecule has 3 unspecified atom stereocenters. The third kappa shape index (κ3) is 7.07. The largest absolute Gasteiger partial charge is 0.374 e. The summed E-state index contributed by atoms with van der Waals surface area (Å²) in [6.07, 6.45) is 0.598. The zero-order valence-corrected chi connectivity index (χ0v) is 18.4. The zero-order chi connectivity index (χ0) is 20.8. The van der Waals surface area contributed by atoms with Crippen molar-refractivity contribution < 1.29 is 14.3 Å². The Hall–Kier alpha value is -1.47. The van der Waals surface area contributed by atoms with Crippen molar-refractivity contribution in [3.05, 3.63) is 35.4 Å². The second kappa shape index (κ2) is 10.5. The van der Waals surface area contributed by atoms with Gasteiger partial charge in [0.1, 0.15) is 0 Å². The first-order valence-electron chi connectivity index (χ1n) is 11.0. The minimum atomic E-state index is -0.0326. The summed E-state index contributed by atoms with van der Waals surface area (Å²) in [5, 5.41) is 3.04. The Labute approximate surface area is 175 Å². The molecule has 1 aromatic rings. The molecule has 2 aliphatic heterocycles. The second-order valence-electron chi connectivity index (χ2n) is 9.00. The molecule has 162 valence electrons. The molecule has 2 aliphatic rings. The van der Waals surface area contributed by atoms with Crippen molar-refractivity contribution >= 4 is 5.91 Å². The Morgan fingerprint density at radius 3 is 2.45 bits per heavy atom. The standard InChI is InChI=1S/C23H37N3O3/c1-17(2)12-25-9-10-28-22(16-25)11-24-23(27)21-7-5-20(6-8-21)15-26-13-18(3)29-19(4)14-26/h5-8,17-19,22H,9-16H2,1-4H3,(H,24,27). The summed E-state index contributed by atoms with van der Waals surface area (Å²) >= 11 is 0. The highest BCUT2D eigenvalue weighted by atomic mass is 16.5. The third-order valence-corrected chi connectivity index (χ3v) is 5.45. The Bertz CT molecular complexity index is 639. The SMILES string of the molecule is CC(C)CN1CCOC(CNC(=O)c2ccc(CN3CC(C)OC(C)C3)cc2)C1. The highest BCUT2D eigenvalue weighted by Crippen LogP contribution is 2.15. The lowest BCUT2D eigenvalue weighted by Crippen LogP contribution is -2.48. The fourth-order valence-corrected chi connectivity index (χ4v) is 4.33. The van der Waals surface area contributed by atoms with E-state index in [2.05, 4.69) is 54.9 Å². The van der Waals surface area contributed by atoms with E-state index in [9.17, 15) is 4.79 Å². The van der Waals surface area contributed by atoms with Crippen LogP contribution in [0, 0.1) is 5.92 Å². The van der Waals surface area contributed by atoms with Crippen molar-refractivity contribution in [2.75, 3.05) is 45.9 Å². The second-order valence-corrected chi connectivity index (χ2v) is 9.00. The topological polar surface area (TPSA) is 54.0 Å². The van der Waals surface area contributed by atoms with E-state index in [0.717, 1.165) is 45.9 Å². The van der Waals surface area contributed by atoms with Gasteiger partial charge in [-0.2, -0.15) is 0 Å². The van der Waals surface area contributed by atoms with Crippen molar-refractivity contribution in [1.82, 2.24) is 15.1 Å². The Balaban J connectivity index is 1.45. The molecule has 2 saturated heterocycles. The molecule has 0 bridgehead atoms. The molecule has 3 rings (SSSR count). The average molecular weight is 404 g/mol. The van der Waals surface area contributed by atoms with Gasteiger partial charge in [-0.15, -0.1) is 0 Å². The molecule has 29 heavy (non-hydrogen) atoms. The zero-order valence-electron chi connectivity index (χ0n) is 18.4. The van der Waals surface area contributed by atoms with Gasteiger partial charge in [-0.25, -0.2) is 0 Å². The molecule has 6 heteroatoms. The van der Waals surface area contributed by atoms with Gasteiger partial charge in [-0.3, -0.25) is 14.6 Å². The first-order valence-corrected chi connectivity index (χ1v) is 11.0. The molecule has 0 spiro atoms. The van der Waals surface area contributed by atoms with Crippen molar-refractivity contribution in [2.24, 2.45) is 5.92 Å². The number of nitrogens with zero attached hydrogens (tertiary/aromatic N) is 2. The summed E-state index contributed by atoms with van der Waals surface area (Å²) in [6, 6.07) is 7.96. The van der Waals surface area contributed by atoms with E-state index in [4.69, 9.17) is 9.47 Å². The van der Waals surface area contributed by atoms with Crippen LogP contribution >= 0.6 is 0 Å². The van der Waals surface area contributed by atoms with Gasteiger partial charge in [0.15, 0.2) is 0 Å². The highest BCUT2D eigenvalue weighted by molar-refractivity contribution is 5.94. The first kappa shape index (κ1) is 22.2. The molecule has 2 fully saturated rings. The quantitative estimate of drug-likeness (QED) is 0.758. The average Bonchev–Trinajstić information content (AvgIpc) is 2.66. The predicted molar refractivity (Wildman–Crippen MR) is 115 cm³/mol. The maximum absolute atomic E-state index is 12.5. The molecule has 2 heterocycles. The van der Waals surface area contributed by atoms with E-state index in [-0.39, 0.29) is 24.2 Å². The van der Waals surface area contributed by atoms with Gasteiger partial charge >= 0.3 is 0 Å². The number of hydrogen-bond donors (Lipinski definition) is 1. The van der Waals surface area contributed by atoms with E-state index in [0.29, 0.717) is 18.0 Å².